The van der Waals surface area contributed by atoms with E-state index < -0.39 is 0 Å². The third kappa shape index (κ3) is 28.8. The van der Waals surface area contributed by atoms with E-state index in [9.17, 15) is 0 Å². The summed E-state index contributed by atoms with van der Waals surface area (Å²) in [7, 11) is 0. The molecule has 0 atom stereocenters. The van der Waals surface area contributed by atoms with Gasteiger partial charge in [-0.1, -0.05) is 0 Å². The average Bonchev–Trinajstić information content (AvgIpc) is 0. The van der Waals surface area contributed by atoms with Gasteiger partial charge in [-0.3, -0.25) is 0 Å². The van der Waals surface area contributed by atoms with E-state index in [-0.39, 0.29) is 98.1 Å². The summed E-state index contributed by atoms with van der Waals surface area (Å²) in [6.07, 6.45) is 0. The first-order chi connectivity index (χ1) is 0. The normalized spacial score (nSPS) is 0. The summed E-state index contributed by atoms with van der Waals surface area (Å²) in [5, 5.41) is 0. The number of hydrogen-bond acceptors (Lipinski definition) is 0. The van der Waals surface area contributed by atoms with E-state index in [0.717, 1.165) is 0 Å². The molecule has 0 unspecified atom stereocenters. The minimum Gasteiger partial charge on any atom is -2.00 e. The summed E-state index contributed by atoms with van der Waals surface area (Å²) in [6.45, 7) is 0. The molecule has 6 heavy (non-hydrogen) atoms. The van der Waals surface area contributed by atoms with Gasteiger partial charge in [-0.05, 0) is 0 Å². The Balaban J connectivity index is 0. The molecule has 0 aliphatic heterocycles. The van der Waals surface area contributed by atoms with Crippen molar-refractivity contribution in [1.82, 2.24) is 0 Å². The molecule has 0 fully saturated rings. The molecule has 0 spiro atoms. The SMILES string of the molecule is [Mg+2].[Mo+6].[S-2].[S-2].[S-2].[S-2]. The maximum absolute atomic E-state index is 0. The van der Waals surface area contributed by atoms with Crippen LogP contribution < -0.4 is 0 Å². The summed E-state index contributed by atoms with van der Waals surface area (Å²) in [6, 6.07) is 0. The molecule has 0 aromatic carbocycles. The second-order valence-corrected chi connectivity index (χ2v) is 0. The fourth-order valence-corrected chi connectivity index (χ4v) is 0. The predicted molar refractivity (Wildman–Crippen MR) is 35.2 cm³/mol. The Bertz CT molecular complexity index is 7.51. The molecule has 32 valence electrons. The molecule has 0 saturated carbocycles. The zero-order valence-corrected chi connectivity index (χ0v) is 9.44. The van der Waals surface area contributed by atoms with Crippen LogP contribution in [0.25, 0.3) is 0 Å². The molecule has 6 heteroatoms. The van der Waals surface area contributed by atoms with Crippen LogP contribution in [0.5, 0.6) is 0 Å². The van der Waals surface area contributed by atoms with Crippen molar-refractivity contribution in [3.05, 3.63) is 0 Å². The van der Waals surface area contributed by atoms with Crippen LogP contribution in [0.2, 0.25) is 0 Å². The Labute approximate surface area is 96.8 Å². The first-order valence-corrected chi connectivity index (χ1v) is 0. The van der Waals surface area contributed by atoms with Crippen molar-refractivity contribution in [2.24, 2.45) is 0 Å². The van der Waals surface area contributed by atoms with Crippen LogP contribution in [-0.4, -0.2) is 23.1 Å². The van der Waals surface area contributed by atoms with Gasteiger partial charge in [-0.25, -0.2) is 0 Å². The smallest absolute Gasteiger partial charge is 2.00 e. The van der Waals surface area contributed by atoms with Crippen molar-refractivity contribution >= 4 is 77.0 Å². The molecule has 0 amide bonds. The fraction of sp³-hybridized carbons (Fsp3) is 0. The maximum atomic E-state index is 0. The van der Waals surface area contributed by atoms with E-state index in [1.807, 2.05) is 0 Å². The molecule has 0 aliphatic carbocycles. The zero-order valence-electron chi connectivity index (χ0n) is 2.75. The molecule has 0 saturated heterocycles. The van der Waals surface area contributed by atoms with Crippen LogP contribution >= 0.6 is 0 Å². The Hall–Kier alpha value is 2.85. The summed E-state index contributed by atoms with van der Waals surface area (Å²) in [5.41, 5.74) is 0. The Morgan fingerprint density at radius 1 is 0.500 bits per heavy atom. The molecule has 0 N–H and O–H groups in total. The summed E-state index contributed by atoms with van der Waals surface area (Å²) in [5.74, 6) is 0. The molecule has 0 nitrogen and oxygen atoms in total. The molecule has 0 aromatic rings. The number of rotatable bonds is 0. The van der Waals surface area contributed by atoms with Crippen molar-refractivity contribution < 1.29 is 21.1 Å². The minimum atomic E-state index is 0. The van der Waals surface area contributed by atoms with Gasteiger partial charge in [0.05, 0.1) is 0 Å². The average molecular weight is 249 g/mol. The van der Waals surface area contributed by atoms with E-state index in [2.05, 4.69) is 0 Å². The van der Waals surface area contributed by atoms with Crippen molar-refractivity contribution in [1.29, 1.82) is 0 Å². The Kier molecular flexibility index (Phi) is 506. The van der Waals surface area contributed by atoms with Crippen LogP contribution in [0.1, 0.15) is 0 Å². The summed E-state index contributed by atoms with van der Waals surface area (Å²) < 4.78 is 0. The molecule has 0 aromatic heterocycles. The molecular weight excluding hydrogens is 249 g/mol. The third-order valence-electron chi connectivity index (χ3n) is 0. The fourth-order valence-electron chi connectivity index (χ4n) is 0. The van der Waals surface area contributed by atoms with Gasteiger partial charge in [-0.2, -0.15) is 0 Å². The Morgan fingerprint density at radius 2 is 0.500 bits per heavy atom. The van der Waals surface area contributed by atoms with Gasteiger partial charge in [0.25, 0.3) is 0 Å². The molecule has 0 rings (SSSR count). The van der Waals surface area contributed by atoms with E-state index in [0.29, 0.717) is 0 Å². The molecule has 0 bridgehead atoms. The molecule has 0 heterocycles. The minimum absolute atomic E-state index is 0. The van der Waals surface area contributed by atoms with Crippen molar-refractivity contribution in [3.8, 4) is 0 Å². The standard InChI is InChI=1S/Mg.Mo.4S/q+2;+6;4*-2. The van der Waals surface area contributed by atoms with Crippen LogP contribution in [-0.2, 0) is 75.0 Å². The predicted octanol–water partition coefficient (Wildman–Crippen LogP) is -0.393. The molecular formula is MgMoS4. The summed E-state index contributed by atoms with van der Waals surface area (Å²) in [4.78, 5) is 0. The first-order valence-electron chi connectivity index (χ1n) is 0. The second-order valence-electron chi connectivity index (χ2n) is 0. The van der Waals surface area contributed by atoms with Crippen molar-refractivity contribution in [2.75, 3.05) is 0 Å². The van der Waals surface area contributed by atoms with Gasteiger partial charge in [0.15, 0.2) is 0 Å². The molecule has 0 radical (unpaired) electrons. The Morgan fingerprint density at radius 3 is 0.500 bits per heavy atom. The van der Waals surface area contributed by atoms with Crippen LogP contribution in [0, 0.1) is 0 Å². The van der Waals surface area contributed by atoms with Gasteiger partial charge in [0.2, 0.25) is 0 Å². The van der Waals surface area contributed by atoms with E-state index in [1.165, 1.54) is 0 Å². The van der Waals surface area contributed by atoms with Crippen molar-refractivity contribution in [3.63, 3.8) is 0 Å². The first kappa shape index (κ1) is 67.0. The monoisotopic (exact) mass is 250 g/mol. The van der Waals surface area contributed by atoms with Gasteiger partial charge in [-0.15, -0.1) is 0 Å². The van der Waals surface area contributed by atoms with Crippen LogP contribution in [0.3, 0.4) is 0 Å². The van der Waals surface area contributed by atoms with Gasteiger partial charge < -0.3 is 54.0 Å². The van der Waals surface area contributed by atoms with Gasteiger partial charge in [0, 0.05) is 0 Å². The van der Waals surface area contributed by atoms with E-state index in [1.54, 1.807) is 0 Å². The second kappa shape index (κ2) is 45.3. The van der Waals surface area contributed by atoms with Crippen molar-refractivity contribution in [2.45, 2.75) is 0 Å². The maximum Gasteiger partial charge on any atom is 6.00 e. The topological polar surface area (TPSA) is 0 Å². The number of hydrogen-bond donors (Lipinski definition) is 0. The quantitative estimate of drug-likeness (QED) is 0.512. The molecule has 0 aliphatic rings. The van der Waals surface area contributed by atoms with Gasteiger partial charge >= 0.3 is 44.1 Å². The largest absolute Gasteiger partial charge is 6.00 e. The van der Waals surface area contributed by atoms with E-state index >= 15 is 0 Å². The third-order valence-corrected chi connectivity index (χ3v) is 0. The zero-order chi connectivity index (χ0) is 0. The van der Waals surface area contributed by atoms with E-state index in [4.69, 9.17) is 0 Å². The van der Waals surface area contributed by atoms with Crippen LogP contribution in [0.4, 0.5) is 0 Å². The van der Waals surface area contributed by atoms with Crippen LogP contribution in [0.15, 0.2) is 0 Å². The van der Waals surface area contributed by atoms with Gasteiger partial charge in [0.1, 0.15) is 0 Å². The summed E-state index contributed by atoms with van der Waals surface area (Å²) >= 11 is 0.